The first kappa shape index (κ1) is 13.6. The maximum Gasteiger partial charge on any atom is 0.120 e. The van der Waals surface area contributed by atoms with Crippen LogP contribution in [0.15, 0.2) is 36.4 Å². The van der Waals surface area contributed by atoms with E-state index in [0.717, 1.165) is 22.5 Å². The van der Waals surface area contributed by atoms with Gasteiger partial charge < -0.3 is 10.4 Å². The summed E-state index contributed by atoms with van der Waals surface area (Å²) in [6, 6.07) is 11.8. The lowest BCUT2D eigenvalue weighted by atomic mass is 10.0. The number of nitrogens with one attached hydrogen (secondary N) is 1. The number of aromatic nitrogens is 1. The van der Waals surface area contributed by atoms with Crippen LogP contribution in [0.4, 0.5) is 0 Å². The second-order valence-corrected chi connectivity index (χ2v) is 4.94. The Hall–Kier alpha value is -1.87. The Bertz CT molecular complexity index is 566. The highest BCUT2D eigenvalue weighted by Gasteiger charge is 2.10. The molecule has 0 aliphatic rings. The molecule has 0 bridgehead atoms. The van der Waals surface area contributed by atoms with Crippen molar-refractivity contribution in [3.05, 3.63) is 58.9 Å². The van der Waals surface area contributed by atoms with Crippen molar-refractivity contribution >= 4 is 0 Å². The average Bonchev–Trinajstić information content (AvgIpc) is 2.36. The number of phenols is 1. The number of aryl methyl sites for hydroxylation is 2. The molecule has 2 N–H and O–H groups in total. The largest absolute Gasteiger partial charge is 0.508 e. The highest BCUT2D eigenvalue weighted by molar-refractivity contribution is 5.37. The minimum atomic E-state index is 0.0860. The first-order valence-electron chi connectivity index (χ1n) is 6.51. The fourth-order valence-electron chi connectivity index (χ4n) is 2.09. The van der Waals surface area contributed by atoms with Crippen molar-refractivity contribution in [3.8, 4) is 5.75 Å². The lowest BCUT2D eigenvalue weighted by molar-refractivity contribution is 0.451. The van der Waals surface area contributed by atoms with E-state index < -0.39 is 0 Å². The molecule has 3 nitrogen and oxygen atoms in total. The van der Waals surface area contributed by atoms with Crippen LogP contribution < -0.4 is 5.32 Å². The first-order chi connectivity index (χ1) is 9.06. The number of rotatable bonds is 4. The van der Waals surface area contributed by atoms with Gasteiger partial charge in [-0.2, -0.15) is 0 Å². The molecule has 0 saturated carbocycles. The van der Waals surface area contributed by atoms with Crippen LogP contribution in [-0.4, -0.2) is 10.1 Å². The Labute approximate surface area is 114 Å². The molecule has 1 aromatic heterocycles. The van der Waals surface area contributed by atoms with Gasteiger partial charge in [0.1, 0.15) is 5.75 Å². The predicted molar refractivity (Wildman–Crippen MR) is 77.1 cm³/mol. The fraction of sp³-hybridized carbons (Fsp3) is 0.312. The van der Waals surface area contributed by atoms with Gasteiger partial charge in [-0.05, 0) is 44.5 Å². The molecule has 2 aromatic rings. The van der Waals surface area contributed by atoms with E-state index in [4.69, 9.17) is 0 Å². The minimum Gasteiger partial charge on any atom is -0.508 e. The summed E-state index contributed by atoms with van der Waals surface area (Å²) in [5, 5.41) is 13.3. The molecule has 0 aliphatic heterocycles. The monoisotopic (exact) mass is 256 g/mol. The molecule has 1 aromatic carbocycles. The summed E-state index contributed by atoms with van der Waals surface area (Å²) in [5.74, 6) is 0.345. The van der Waals surface area contributed by atoms with Crippen molar-refractivity contribution in [2.45, 2.75) is 33.4 Å². The molecule has 0 amide bonds. The Morgan fingerprint density at radius 2 is 2.00 bits per heavy atom. The van der Waals surface area contributed by atoms with Crippen LogP contribution in [0, 0.1) is 13.8 Å². The average molecular weight is 256 g/mol. The number of aromatic hydroxyl groups is 1. The van der Waals surface area contributed by atoms with E-state index >= 15 is 0 Å². The maximum atomic E-state index is 9.95. The molecule has 100 valence electrons. The molecule has 1 unspecified atom stereocenters. The van der Waals surface area contributed by atoms with Crippen LogP contribution >= 0.6 is 0 Å². The van der Waals surface area contributed by atoms with Gasteiger partial charge in [0.25, 0.3) is 0 Å². The van der Waals surface area contributed by atoms with Crippen molar-refractivity contribution in [1.29, 1.82) is 0 Å². The molecule has 1 heterocycles. The summed E-state index contributed by atoms with van der Waals surface area (Å²) in [6.45, 7) is 6.69. The van der Waals surface area contributed by atoms with Gasteiger partial charge in [0.2, 0.25) is 0 Å². The van der Waals surface area contributed by atoms with Crippen molar-refractivity contribution in [1.82, 2.24) is 10.3 Å². The molecular formula is C16H20N2O. The van der Waals surface area contributed by atoms with Crippen molar-refractivity contribution < 1.29 is 5.11 Å². The number of phenolic OH excluding ortho intramolecular Hbond substituents is 1. The lowest BCUT2D eigenvalue weighted by Gasteiger charge is -2.16. The zero-order valence-corrected chi connectivity index (χ0v) is 11.6. The number of hydrogen-bond acceptors (Lipinski definition) is 3. The van der Waals surface area contributed by atoms with Gasteiger partial charge in [-0.1, -0.05) is 18.2 Å². The predicted octanol–water partition coefficient (Wildman–Crippen LogP) is 3.25. The van der Waals surface area contributed by atoms with E-state index in [1.54, 1.807) is 6.07 Å². The smallest absolute Gasteiger partial charge is 0.120 e. The summed E-state index contributed by atoms with van der Waals surface area (Å²) < 4.78 is 0. The SMILES string of the molecule is Cc1ccc(C(C)NCc2cccc(C)n2)c(O)c1. The summed E-state index contributed by atoms with van der Waals surface area (Å²) in [5.41, 5.74) is 4.01. The summed E-state index contributed by atoms with van der Waals surface area (Å²) in [7, 11) is 0. The number of benzene rings is 1. The molecule has 0 aliphatic carbocycles. The zero-order chi connectivity index (χ0) is 13.8. The molecule has 0 saturated heterocycles. The molecule has 0 fully saturated rings. The standard InChI is InChI=1S/C16H20N2O/c1-11-7-8-15(16(19)9-11)13(3)17-10-14-6-4-5-12(2)18-14/h4-9,13,17,19H,10H2,1-3H3. The van der Waals surface area contributed by atoms with E-state index in [2.05, 4.69) is 10.3 Å². The molecule has 2 rings (SSSR count). The molecule has 0 radical (unpaired) electrons. The van der Waals surface area contributed by atoms with Gasteiger partial charge in [0, 0.05) is 23.8 Å². The topological polar surface area (TPSA) is 45.2 Å². The third kappa shape index (κ3) is 3.55. The van der Waals surface area contributed by atoms with Gasteiger partial charge in [-0.25, -0.2) is 0 Å². The second kappa shape index (κ2) is 5.85. The van der Waals surface area contributed by atoms with E-state index in [0.29, 0.717) is 12.3 Å². The molecule has 19 heavy (non-hydrogen) atoms. The van der Waals surface area contributed by atoms with Gasteiger partial charge in [-0.15, -0.1) is 0 Å². The van der Waals surface area contributed by atoms with Crippen molar-refractivity contribution in [2.75, 3.05) is 0 Å². The highest BCUT2D eigenvalue weighted by atomic mass is 16.3. The quantitative estimate of drug-likeness (QED) is 0.882. The van der Waals surface area contributed by atoms with Crippen LogP contribution in [0.5, 0.6) is 5.75 Å². The van der Waals surface area contributed by atoms with E-state index in [1.807, 2.05) is 51.1 Å². The Morgan fingerprint density at radius 3 is 2.68 bits per heavy atom. The third-order valence-electron chi connectivity index (χ3n) is 3.19. The Balaban J connectivity index is 2.03. The lowest BCUT2D eigenvalue weighted by Crippen LogP contribution is -2.19. The number of pyridine rings is 1. The number of hydrogen-bond donors (Lipinski definition) is 2. The van der Waals surface area contributed by atoms with Crippen molar-refractivity contribution in [2.24, 2.45) is 0 Å². The third-order valence-corrected chi connectivity index (χ3v) is 3.19. The summed E-state index contributed by atoms with van der Waals surface area (Å²) >= 11 is 0. The second-order valence-electron chi connectivity index (χ2n) is 4.94. The van der Waals surface area contributed by atoms with Crippen LogP contribution in [0.1, 0.15) is 35.5 Å². The van der Waals surface area contributed by atoms with E-state index in [9.17, 15) is 5.11 Å². The van der Waals surface area contributed by atoms with E-state index in [1.165, 1.54) is 0 Å². The van der Waals surface area contributed by atoms with Gasteiger partial charge in [-0.3, -0.25) is 4.98 Å². The van der Waals surface area contributed by atoms with E-state index in [-0.39, 0.29) is 6.04 Å². The van der Waals surface area contributed by atoms with Crippen LogP contribution in [0.25, 0.3) is 0 Å². The molecule has 1 atom stereocenters. The Morgan fingerprint density at radius 1 is 1.21 bits per heavy atom. The normalized spacial score (nSPS) is 12.4. The van der Waals surface area contributed by atoms with Gasteiger partial charge in [0.05, 0.1) is 5.69 Å². The molecular weight excluding hydrogens is 236 g/mol. The zero-order valence-electron chi connectivity index (χ0n) is 11.6. The van der Waals surface area contributed by atoms with Crippen molar-refractivity contribution in [3.63, 3.8) is 0 Å². The highest BCUT2D eigenvalue weighted by Crippen LogP contribution is 2.25. The fourth-order valence-corrected chi connectivity index (χ4v) is 2.09. The number of nitrogens with zero attached hydrogens (tertiary/aromatic N) is 1. The minimum absolute atomic E-state index is 0.0860. The van der Waals surface area contributed by atoms with Crippen LogP contribution in [0.3, 0.4) is 0 Å². The summed E-state index contributed by atoms with van der Waals surface area (Å²) in [4.78, 5) is 4.45. The Kier molecular flexibility index (Phi) is 4.17. The van der Waals surface area contributed by atoms with Crippen LogP contribution in [-0.2, 0) is 6.54 Å². The molecule has 0 spiro atoms. The molecule has 3 heteroatoms. The first-order valence-corrected chi connectivity index (χ1v) is 6.51. The van der Waals surface area contributed by atoms with Gasteiger partial charge >= 0.3 is 0 Å². The summed E-state index contributed by atoms with van der Waals surface area (Å²) in [6.07, 6.45) is 0. The van der Waals surface area contributed by atoms with Crippen LogP contribution in [0.2, 0.25) is 0 Å². The maximum absolute atomic E-state index is 9.95. The van der Waals surface area contributed by atoms with Gasteiger partial charge in [0.15, 0.2) is 0 Å².